The molecule has 0 aromatic carbocycles. The average Bonchev–Trinajstić information content (AvgIpc) is 3.20. The molecule has 0 aromatic heterocycles. The Morgan fingerprint density at radius 1 is 0.550 bits per heavy atom. The number of hydrogen-bond acceptors (Lipinski definition) is 5. The number of aliphatic hydroxyl groups excluding tert-OH is 1. The van der Waals surface area contributed by atoms with E-state index in [-0.39, 0.29) is 19.1 Å². The minimum Gasteiger partial charge on any atom is -0.391 e. The predicted molar refractivity (Wildman–Crippen MR) is 259 cm³/mol. The summed E-state index contributed by atoms with van der Waals surface area (Å²) in [5.41, 5.74) is 0. The van der Waals surface area contributed by atoms with E-state index in [2.05, 4.69) is 31.3 Å². The van der Waals surface area contributed by atoms with Gasteiger partial charge < -0.3 is 19.8 Å². The Morgan fingerprint density at radius 2 is 0.900 bits per heavy atom. The average molecular weight is 872 g/mol. The Kier molecular flexibility index (Phi) is 42.9. The van der Waals surface area contributed by atoms with Gasteiger partial charge in [0.25, 0.3) is 0 Å². The molecule has 0 aliphatic rings. The summed E-state index contributed by atoms with van der Waals surface area (Å²) in [5.74, 6) is -0.141. The van der Waals surface area contributed by atoms with Crippen LogP contribution in [0, 0.1) is 0 Å². The molecule has 0 heterocycles. The zero-order valence-corrected chi connectivity index (χ0v) is 41.6. The molecule has 3 N–H and O–H groups in total. The van der Waals surface area contributed by atoms with E-state index in [0.29, 0.717) is 23.9 Å². The van der Waals surface area contributed by atoms with E-state index in [1.807, 2.05) is 21.1 Å². The number of hydrogen-bond donors (Lipinski definition) is 3. The summed E-state index contributed by atoms with van der Waals surface area (Å²) in [6.45, 7) is 4.91. The quantitative estimate of drug-likeness (QED) is 0.0243. The minimum absolute atomic E-state index is 0.0771. The predicted octanol–water partition coefficient (Wildman–Crippen LogP) is 15.1. The summed E-state index contributed by atoms with van der Waals surface area (Å²) >= 11 is 0. The standard InChI is InChI=1S/C51H103N2O6P/c1-6-8-10-12-14-16-18-20-21-22-23-24-25-26-27-28-29-30-31-33-35-37-39-41-43-45-51(55)52-49(48-59-60(56,57)58-47-46-53(3,4)5)50(54)44-42-40-38-36-34-32-19-17-15-13-11-9-7-2/h22-23,49-50,54H,6-21,24-48H2,1-5H3,(H-,52,55,56,57)/p+1/b23-22-. The van der Waals surface area contributed by atoms with Crippen LogP contribution in [0.2, 0.25) is 0 Å². The number of unbranched alkanes of at least 4 members (excludes halogenated alkanes) is 33. The summed E-state index contributed by atoms with van der Waals surface area (Å²) in [5, 5.41) is 14.0. The van der Waals surface area contributed by atoms with Gasteiger partial charge in [-0.3, -0.25) is 13.8 Å². The molecule has 9 heteroatoms. The van der Waals surface area contributed by atoms with Gasteiger partial charge in [0.05, 0.1) is 39.9 Å². The second-order valence-electron chi connectivity index (χ2n) is 19.3. The molecule has 0 radical (unpaired) electrons. The van der Waals surface area contributed by atoms with Crippen molar-refractivity contribution in [3.05, 3.63) is 12.2 Å². The van der Waals surface area contributed by atoms with Gasteiger partial charge >= 0.3 is 7.82 Å². The number of phosphoric ester groups is 1. The first-order chi connectivity index (χ1) is 29.0. The lowest BCUT2D eigenvalue weighted by atomic mass is 10.0. The van der Waals surface area contributed by atoms with Crippen molar-refractivity contribution in [2.75, 3.05) is 40.9 Å². The summed E-state index contributed by atoms with van der Waals surface area (Å²) < 4.78 is 23.7. The Hall–Kier alpha value is -0.760. The van der Waals surface area contributed by atoms with Crippen molar-refractivity contribution in [2.45, 2.75) is 270 Å². The van der Waals surface area contributed by atoms with Crippen LogP contribution in [0.3, 0.4) is 0 Å². The number of phosphoric acid groups is 1. The Labute approximate surface area is 373 Å². The molecule has 0 aliphatic carbocycles. The monoisotopic (exact) mass is 872 g/mol. The Morgan fingerprint density at radius 3 is 1.28 bits per heavy atom. The van der Waals surface area contributed by atoms with Crippen LogP contribution >= 0.6 is 7.82 Å². The van der Waals surface area contributed by atoms with Gasteiger partial charge in [-0.15, -0.1) is 0 Å². The molecule has 0 fully saturated rings. The Balaban J connectivity index is 4.13. The van der Waals surface area contributed by atoms with Gasteiger partial charge in [-0.2, -0.15) is 0 Å². The van der Waals surface area contributed by atoms with E-state index in [1.54, 1.807) is 0 Å². The number of carbonyl (C=O) groups is 1. The van der Waals surface area contributed by atoms with Gasteiger partial charge in [-0.05, 0) is 38.5 Å². The van der Waals surface area contributed by atoms with Crippen molar-refractivity contribution in [2.24, 2.45) is 0 Å². The third kappa shape index (κ3) is 45.3. The molecule has 3 unspecified atom stereocenters. The fraction of sp³-hybridized carbons (Fsp3) is 0.941. The molecule has 0 saturated heterocycles. The Bertz CT molecular complexity index is 989. The van der Waals surface area contributed by atoms with Crippen LogP contribution < -0.4 is 5.32 Å². The van der Waals surface area contributed by atoms with E-state index in [1.165, 1.54) is 193 Å². The number of nitrogens with one attached hydrogen (secondary N) is 1. The van der Waals surface area contributed by atoms with Crippen molar-refractivity contribution >= 4 is 13.7 Å². The highest BCUT2D eigenvalue weighted by atomic mass is 31.2. The van der Waals surface area contributed by atoms with E-state index < -0.39 is 20.0 Å². The minimum atomic E-state index is -4.31. The number of likely N-dealkylation sites (N-methyl/N-ethyl adjacent to an activating group) is 1. The van der Waals surface area contributed by atoms with Gasteiger partial charge in [0.1, 0.15) is 13.2 Å². The first kappa shape index (κ1) is 59.2. The summed E-state index contributed by atoms with van der Waals surface area (Å²) in [6, 6.07) is -0.756. The molecule has 3 atom stereocenters. The van der Waals surface area contributed by atoms with Crippen molar-refractivity contribution in [3.8, 4) is 0 Å². The normalized spacial score (nSPS) is 14.2. The zero-order chi connectivity index (χ0) is 44.3. The lowest BCUT2D eigenvalue weighted by molar-refractivity contribution is -0.870. The van der Waals surface area contributed by atoms with Gasteiger partial charge in [-0.1, -0.05) is 225 Å². The van der Waals surface area contributed by atoms with E-state index >= 15 is 0 Å². The summed E-state index contributed by atoms with van der Waals surface area (Å²) in [7, 11) is 1.63. The van der Waals surface area contributed by atoms with Gasteiger partial charge in [0.2, 0.25) is 5.91 Å². The molecule has 358 valence electrons. The maximum Gasteiger partial charge on any atom is 0.472 e. The molecule has 8 nitrogen and oxygen atoms in total. The molecule has 0 aromatic rings. The number of rotatable bonds is 48. The first-order valence-electron chi connectivity index (χ1n) is 26.1. The molecule has 0 rings (SSSR count). The number of aliphatic hydroxyl groups is 1. The molecular weight excluding hydrogens is 768 g/mol. The molecule has 0 bridgehead atoms. The highest BCUT2D eigenvalue weighted by Crippen LogP contribution is 2.43. The van der Waals surface area contributed by atoms with E-state index in [4.69, 9.17) is 9.05 Å². The second kappa shape index (κ2) is 43.5. The van der Waals surface area contributed by atoms with Crippen LogP contribution in [0.15, 0.2) is 12.2 Å². The smallest absolute Gasteiger partial charge is 0.391 e. The molecule has 0 saturated carbocycles. The van der Waals surface area contributed by atoms with Crippen LogP contribution in [0.5, 0.6) is 0 Å². The highest BCUT2D eigenvalue weighted by molar-refractivity contribution is 7.47. The second-order valence-corrected chi connectivity index (χ2v) is 20.7. The maximum atomic E-state index is 12.9. The molecule has 0 aliphatic heterocycles. The fourth-order valence-corrected chi connectivity index (χ4v) is 8.60. The van der Waals surface area contributed by atoms with Crippen molar-refractivity contribution in [1.82, 2.24) is 5.32 Å². The zero-order valence-electron chi connectivity index (χ0n) is 40.7. The van der Waals surface area contributed by atoms with Gasteiger partial charge in [-0.25, -0.2) is 4.57 Å². The maximum absolute atomic E-state index is 12.9. The van der Waals surface area contributed by atoms with Crippen molar-refractivity contribution in [3.63, 3.8) is 0 Å². The van der Waals surface area contributed by atoms with E-state index in [9.17, 15) is 19.4 Å². The SMILES string of the molecule is CCCCCCCCCC/C=C\CCCCCCCCCCCCCCCC(=O)NC(COP(=O)(O)OCC[N+](C)(C)C)C(O)CCCCCCCCCCCCCCC. The number of carbonyl (C=O) groups excluding carboxylic acids is 1. The van der Waals surface area contributed by atoms with Gasteiger partial charge in [0, 0.05) is 6.42 Å². The largest absolute Gasteiger partial charge is 0.472 e. The highest BCUT2D eigenvalue weighted by Gasteiger charge is 2.28. The topological polar surface area (TPSA) is 105 Å². The van der Waals surface area contributed by atoms with Crippen LogP contribution in [0.4, 0.5) is 0 Å². The molecule has 1 amide bonds. The number of quaternary nitrogens is 1. The summed E-state index contributed by atoms with van der Waals surface area (Å²) in [6.07, 6.45) is 51.1. The van der Waals surface area contributed by atoms with E-state index in [0.717, 1.165) is 38.5 Å². The number of amides is 1. The van der Waals surface area contributed by atoms with Crippen LogP contribution in [0.1, 0.15) is 258 Å². The fourth-order valence-electron chi connectivity index (χ4n) is 7.87. The van der Waals surface area contributed by atoms with Crippen LogP contribution in [0.25, 0.3) is 0 Å². The lowest BCUT2D eigenvalue weighted by Gasteiger charge is -2.26. The first-order valence-corrected chi connectivity index (χ1v) is 27.5. The lowest BCUT2D eigenvalue weighted by Crippen LogP contribution is -2.46. The molecular formula is C51H104N2O6P+. The molecule has 60 heavy (non-hydrogen) atoms. The van der Waals surface area contributed by atoms with Crippen LogP contribution in [-0.2, 0) is 18.4 Å². The molecule has 0 spiro atoms. The number of allylic oxidation sites excluding steroid dienone is 2. The van der Waals surface area contributed by atoms with Crippen molar-refractivity contribution < 1.29 is 32.9 Å². The third-order valence-electron chi connectivity index (χ3n) is 12.0. The third-order valence-corrected chi connectivity index (χ3v) is 13.0. The van der Waals surface area contributed by atoms with Crippen LogP contribution in [-0.4, -0.2) is 73.4 Å². The summed E-state index contributed by atoms with van der Waals surface area (Å²) in [4.78, 5) is 23.2. The van der Waals surface area contributed by atoms with Gasteiger partial charge in [0.15, 0.2) is 0 Å². The van der Waals surface area contributed by atoms with Crippen molar-refractivity contribution in [1.29, 1.82) is 0 Å². The number of nitrogens with zero attached hydrogens (tertiary/aromatic N) is 1.